The standard InChI is InChI=1S/C28H48N2O18S2/c1-27(2,3)47-25(41)29-11(21(37)43-7-13-15(31)17(33)19(35)23(39)45-13)9-49-50-10-12(30-26(42)48-28(4,5)6)22(38)44-8-14-16(32)18(34)20(36)24(40)46-14/h11-20,23-24,31-36,39-40H,7-10H2,1-6H3,(H,29,41)(H,30,42)/t11-,12-,13?,14?,15+,16+,17?,18?,19?,20?,23-,24-/m1/s1. The molecule has 0 aromatic rings. The Balaban J connectivity index is 2.08. The van der Waals surface area contributed by atoms with Gasteiger partial charge in [0.15, 0.2) is 12.6 Å². The number of carbonyl (C=O) groups is 4. The van der Waals surface area contributed by atoms with Crippen LogP contribution in [0.3, 0.4) is 0 Å². The van der Waals surface area contributed by atoms with Crippen LogP contribution in [0.4, 0.5) is 9.59 Å². The van der Waals surface area contributed by atoms with Gasteiger partial charge in [-0.15, -0.1) is 0 Å². The lowest BCUT2D eigenvalue weighted by molar-refractivity contribution is -0.287. The summed E-state index contributed by atoms with van der Waals surface area (Å²) in [5.74, 6) is -2.51. The first kappa shape index (κ1) is 43.9. The van der Waals surface area contributed by atoms with Crippen molar-refractivity contribution in [3.05, 3.63) is 0 Å². The van der Waals surface area contributed by atoms with E-state index in [1.165, 1.54) is 0 Å². The molecule has 0 aromatic carbocycles. The number of aliphatic hydroxyl groups is 8. The zero-order valence-electron chi connectivity index (χ0n) is 28.2. The molecule has 0 aromatic heterocycles. The van der Waals surface area contributed by atoms with Gasteiger partial charge >= 0.3 is 24.1 Å². The SMILES string of the molecule is CC(C)(C)OC(=O)N[C@H](CSSC[C@@H](NC(=O)OC(C)(C)C)C(=O)OCC1O[C@@H](O)C(O)C(O)[C@H]1O)C(=O)OCC1O[C@@H](O)C(O)C(O)[C@H]1O. The number of rotatable bonds is 13. The summed E-state index contributed by atoms with van der Waals surface area (Å²) in [7, 11) is 1.88. The highest BCUT2D eigenvalue weighted by atomic mass is 33.1. The first-order valence-corrected chi connectivity index (χ1v) is 17.8. The van der Waals surface area contributed by atoms with Crippen molar-refractivity contribution in [1.29, 1.82) is 0 Å². The average Bonchev–Trinajstić information content (AvgIpc) is 2.99. The molecule has 290 valence electrons. The molecule has 2 aliphatic rings. The van der Waals surface area contributed by atoms with Crippen LogP contribution < -0.4 is 10.6 Å². The maximum absolute atomic E-state index is 13.0. The van der Waals surface area contributed by atoms with Crippen LogP contribution in [0.5, 0.6) is 0 Å². The molecule has 12 atom stereocenters. The quantitative estimate of drug-likeness (QED) is 0.0383. The van der Waals surface area contributed by atoms with Gasteiger partial charge in [-0.3, -0.25) is 0 Å². The van der Waals surface area contributed by atoms with Crippen molar-refractivity contribution in [2.24, 2.45) is 0 Å². The van der Waals surface area contributed by atoms with Crippen LogP contribution in [0.25, 0.3) is 0 Å². The van der Waals surface area contributed by atoms with E-state index in [1.807, 2.05) is 0 Å². The fourth-order valence-electron chi connectivity index (χ4n) is 4.14. The van der Waals surface area contributed by atoms with Crippen LogP contribution in [0.15, 0.2) is 0 Å². The van der Waals surface area contributed by atoms with E-state index in [4.69, 9.17) is 28.4 Å². The van der Waals surface area contributed by atoms with Crippen LogP contribution >= 0.6 is 21.6 Å². The number of amides is 2. The lowest BCUT2D eigenvalue weighted by Gasteiger charge is -2.38. The molecule has 50 heavy (non-hydrogen) atoms. The Bertz CT molecular complexity index is 1050. The van der Waals surface area contributed by atoms with Gasteiger partial charge in [-0.25, -0.2) is 19.2 Å². The second kappa shape index (κ2) is 19.0. The van der Waals surface area contributed by atoms with Crippen LogP contribution in [0.1, 0.15) is 41.5 Å². The highest BCUT2D eigenvalue weighted by Crippen LogP contribution is 2.26. The lowest BCUT2D eigenvalue weighted by atomic mass is 9.99. The number of hydrogen-bond donors (Lipinski definition) is 10. The Hall–Kier alpha value is -2.22. The fraction of sp³-hybridized carbons (Fsp3) is 0.857. The summed E-state index contributed by atoms with van der Waals surface area (Å²) in [6.07, 6.45) is -19.3. The average molecular weight is 765 g/mol. The predicted molar refractivity (Wildman–Crippen MR) is 171 cm³/mol. The van der Waals surface area contributed by atoms with Crippen molar-refractivity contribution < 1.29 is 88.5 Å². The highest BCUT2D eigenvalue weighted by Gasteiger charge is 2.45. The van der Waals surface area contributed by atoms with E-state index in [0.29, 0.717) is 0 Å². The Kier molecular flexibility index (Phi) is 16.7. The maximum atomic E-state index is 13.0. The number of ether oxygens (including phenoxy) is 6. The molecule has 22 heteroatoms. The largest absolute Gasteiger partial charge is 0.461 e. The molecule has 2 heterocycles. The van der Waals surface area contributed by atoms with Gasteiger partial charge in [0.1, 0.15) is 85.3 Å². The zero-order valence-corrected chi connectivity index (χ0v) is 29.9. The van der Waals surface area contributed by atoms with E-state index in [1.54, 1.807) is 41.5 Å². The summed E-state index contributed by atoms with van der Waals surface area (Å²) in [5.41, 5.74) is -1.88. The summed E-state index contributed by atoms with van der Waals surface area (Å²) in [6.45, 7) is 8.14. The molecule has 2 saturated heterocycles. The van der Waals surface area contributed by atoms with Crippen LogP contribution in [-0.2, 0) is 38.0 Å². The van der Waals surface area contributed by atoms with Crippen LogP contribution in [0.2, 0.25) is 0 Å². The van der Waals surface area contributed by atoms with Crippen molar-refractivity contribution in [3.63, 3.8) is 0 Å². The van der Waals surface area contributed by atoms with Gasteiger partial charge in [-0.05, 0) is 41.5 Å². The number of esters is 2. The lowest BCUT2D eigenvalue weighted by Crippen LogP contribution is -2.59. The fourth-order valence-corrected chi connectivity index (χ4v) is 6.43. The van der Waals surface area contributed by atoms with Gasteiger partial charge in [0.25, 0.3) is 0 Å². The summed E-state index contributed by atoms with van der Waals surface area (Å²) >= 11 is 0. The summed E-state index contributed by atoms with van der Waals surface area (Å²) < 4.78 is 30.7. The first-order chi connectivity index (χ1) is 23.0. The smallest absolute Gasteiger partial charge is 0.408 e. The van der Waals surface area contributed by atoms with E-state index in [9.17, 15) is 60.0 Å². The third-order valence-electron chi connectivity index (χ3n) is 6.66. The number of hydrogen-bond acceptors (Lipinski definition) is 20. The minimum absolute atomic E-state index is 0.213. The van der Waals surface area contributed by atoms with E-state index in [2.05, 4.69) is 10.6 Å². The van der Waals surface area contributed by atoms with Gasteiger partial charge in [-0.2, -0.15) is 0 Å². The van der Waals surface area contributed by atoms with Gasteiger partial charge in [0, 0.05) is 11.5 Å². The number of nitrogens with one attached hydrogen (secondary N) is 2. The molecule has 2 fully saturated rings. The molecule has 0 bridgehead atoms. The topological polar surface area (TPSA) is 310 Å². The summed E-state index contributed by atoms with van der Waals surface area (Å²) in [5, 5.41) is 83.5. The molecule has 0 saturated carbocycles. The minimum atomic E-state index is -1.87. The molecule has 10 N–H and O–H groups in total. The normalized spacial score (nSPS) is 31.5. The van der Waals surface area contributed by atoms with Crippen molar-refractivity contribution in [2.45, 2.75) is 126 Å². The Morgan fingerprint density at radius 1 is 0.580 bits per heavy atom. The molecule has 0 aliphatic carbocycles. The first-order valence-electron chi connectivity index (χ1n) is 15.3. The summed E-state index contributed by atoms with van der Waals surface area (Å²) in [4.78, 5) is 51.0. The van der Waals surface area contributed by atoms with E-state index < -0.39 is 122 Å². The number of carbonyl (C=O) groups excluding carboxylic acids is 4. The second-order valence-corrected chi connectivity index (χ2v) is 15.9. The second-order valence-electron chi connectivity index (χ2n) is 13.3. The zero-order chi connectivity index (χ0) is 38.1. The number of alkyl carbamates (subject to hydrolysis) is 2. The van der Waals surface area contributed by atoms with E-state index in [-0.39, 0.29) is 11.5 Å². The molecule has 20 nitrogen and oxygen atoms in total. The van der Waals surface area contributed by atoms with Gasteiger partial charge < -0.3 is 79.9 Å². The van der Waals surface area contributed by atoms with Gasteiger partial charge in [0.05, 0.1) is 0 Å². The molecule has 6 unspecified atom stereocenters. The molecule has 2 rings (SSSR count). The molecule has 0 spiro atoms. The Morgan fingerprint density at radius 3 is 1.20 bits per heavy atom. The Morgan fingerprint density at radius 2 is 0.900 bits per heavy atom. The van der Waals surface area contributed by atoms with Crippen molar-refractivity contribution in [3.8, 4) is 0 Å². The monoisotopic (exact) mass is 764 g/mol. The summed E-state index contributed by atoms with van der Waals surface area (Å²) in [6, 6.07) is -2.79. The van der Waals surface area contributed by atoms with Crippen molar-refractivity contribution in [1.82, 2.24) is 10.6 Å². The van der Waals surface area contributed by atoms with Crippen LogP contribution in [0, 0.1) is 0 Å². The molecular formula is C28H48N2O18S2. The van der Waals surface area contributed by atoms with Crippen molar-refractivity contribution >= 4 is 45.7 Å². The van der Waals surface area contributed by atoms with Crippen molar-refractivity contribution in [2.75, 3.05) is 24.7 Å². The van der Waals surface area contributed by atoms with E-state index in [0.717, 1.165) is 21.6 Å². The molecule has 2 aliphatic heterocycles. The predicted octanol–water partition coefficient (Wildman–Crippen LogP) is -3.16. The molecule has 2 amide bonds. The third kappa shape index (κ3) is 14.1. The maximum Gasteiger partial charge on any atom is 0.408 e. The van der Waals surface area contributed by atoms with Gasteiger partial charge in [-0.1, -0.05) is 21.6 Å². The van der Waals surface area contributed by atoms with Gasteiger partial charge in [0.2, 0.25) is 0 Å². The Labute approximate surface area is 295 Å². The highest BCUT2D eigenvalue weighted by molar-refractivity contribution is 8.76. The van der Waals surface area contributed by atoms with Crippen LogP contribution in [-0.4, -0.2) is 174 Å². The number of aliphatic hydroxyl groups excluding tert-OH is 8. The molecule has 0 radical (unpaired) electrons. The van der Waals surface area contributed by atoms with E-state index >= 15 is 0 Å². The third-order valence-corrected chi connectivity index (χ3v) is 9.08. The molecular weight excluding hydrogens is 716 g/mol. The minimum Gasteiger partial charge on any atom is -0.461 e.